The van der Waals surface area contributed by atoms with Crippen LogP contribution in [0.2, 0.25) is 0 Å². The van der Waals surface area contributed by atoms with E-state index in [1.54, 1.807) is 12.4 Å². The van der Waals surface area contributed by atoms with Gasteiger partial charge in [0.05, 0.1) is 11.9 Å². The minimum Gasteiger partial charge on any atom is -0.356 e. The maximum absolute atomic E-state index is 11.0. The Balaban J connectivity index is 2.23. The van der Waals surface area contributed by atoms with E-state index in [1.807, 2.05) is 16.8 Å². The fraction of sp³-hybridized carbons (Fsp3) is 0.467. The number of rotatable bonds is 6. The third kappa shape index (κ3) is 4.37. The highest BCUT2D eigenvalue weighted by Crippen LogP contribution is 2.11. The van der Waals surface area contributed by atoms with Gasteiger partial charge in [-0.15, -0.1) is 0 Å². The van der Waals surface area contributed by atoms with Crippen LogP contribution in [0.4, 0.5) is 0 Å². The zero-order valence-electron chi connectivity index (χ0n) is 12.7. The number of aromatic nitrogens is 4. The smallest absolute Gasteiger partial charge is 0.216 e. The van der Waals surface area contributed by atoms with E-state index < -0.39 is 0 Å². The molecule has 112 valence electrons. The predicted molar refractivity (Wildman–Crippen MR) is 80.1 cm³/mol. The van der Waals surface area contributed by atoms with E-state index in [9.17, 15) is 4.79 Å². The first-order valence-corrected chi connectivity index (χ1v) is 7.16. The second-order valence-corrected chi connectivity index (χ2v) is 5.40. The highest BCUT2D eigenvalue weighted by Gasteiger charge is 2.12. The molecule has 1 amide bonds. The van der Waals surface area contributed by atoms with Gasteiger partial charge in [0, 0.05) is 32.5 Å². The Bertz CT molecular complexity index is 591. The molecule has 2 aromatic rings. The van der Waals surface area contributed by atoms with E-state index >= 15 is 0 Å². The molecular weight excluding hydrogens is 266 g/mol. The number of hydrogen-bond acceptors (Lipinski definition) is 4. The fourth-order valence-electron chi connectivity index (χ4n) is 2.04. The zero-order valence-corrected chi connectivity index (χ0v) is 12.7. The largest absolute Gasteiger partial charge is 0.356 e. The van der Waals surface area contributed by atoms with Crippen LogP contribution in [0.3, 0.4) is 0 Å². The van der Waals surface area contributed by atoms with Crippen LogP contribution in [-0.4, -0.2) is 32.2 Å². The minimum absolute atomic E-state index is 0.0372. The van der Waals surface area contributed by atoms with Crippen LogP contribution in [0.5, 0.6) is 0 Å². The van der Waals surface area contributed by atoms with Gasteiger partial charge in [-0.2, -0.15) is 5.10 Å². The summed E-state index contributed by atoms with van der Waals surface area (Å²) in [4.78, 5) is 19.7. The summed E-state index contributed by atoms with van der Waals surface area (Å²) in [6.45, 7) is 6.34. The number of nitrogens with one attached hydrogen (secondary N) is 1. The number of pyridine rings is 1. The summed E-state index contributed by atoms with van der Waals surface area (Å²) in [6, 6.07) is 3.82. The quantitative estimate of drug-likeness (QED) is 0.874. The van der Waals surface area contributed by atoms with Gasteiger partial charge in [-0.05, 0) is 18.1 Å². The lowest BCUT2D eigenvalue weighted by Crippen LogP contribution is -2.23. The van der Waals surface area contributed by atoms with Crippen LogP contribution in [-0.2, 0) is 17.6 Å². The lowest BCUT2D eigenvalue weighted by Gasteiger charge is -2.05. The Morgan fingerprint density at radius 2 is 2.24 bits per heavy atom. The van der Waals surface area contributed by atoms with Crippen LogP contribution >= 0.6 is 0 Å². The number of carbonyl (C=O) groups excluding carboxylic acids is 1. The molecule has 0 atom stereocenters. The van der Waals surface area contributed by atoms with Gasteiger partial charge in [-0.25, -0.2) is 9.67 Å². The molecule has 2 heterocycles. The monoisotopic (exact) mass is 287 g/mol. The molecule has 0 aliphatic rings. The van der Waals surface area contributed by atoms with Crippen molar-refractivity contribution in [1.29, 1.82) is 0 Å². The summed E-state index contributed by atoms with van der Waals surface area (Å²) in [5.74, 6) is 2.13. The van der Waals surface area contributed by atoms with E-state index in [1.165, 1.54) is 6.92 Å². The van der Waals surface area contributed by atoms with Gasteiger partial charge in [-0.1, -0.05) is 13.8 Å². The molecule has 0 unspecified atom stereocenters. The molecule has 0 bridgehead atoms. The first-order chi connectivity index (χ1) is 10.1. The van der Waals surface area contributed by atoms with Crippen LogP contribution in [0.15, 0.2) is 24.5 Å². The first-order valence-electron chi connectivity index (χ1n) is 7.16. The van der Waals surface area contributed by atoms with E-state index in [0.29, 0.717) is 18.9 Å². The highest BCUT2D eigenvalue weighted by atomic mass is 16.1. The van der Waals surface area contributed by atoms with Gasteiger partial charge in [0.15, 0.2) is 5.82 Å². The van der Waals surface area contributed by atoms with Crippen molar-refractivity contribution in [1.82, 2.24) is 25.1 Å². The Kier molecular flexibility index (Phi) is 5.03. The van der Waals surface area contributed by atoms with Crippen LogP contribution in [0.1, 0.15) is 32.4 Å². The van der Waals surface area contributed by atoms with Gasteiger partial charge in [0.2, 0.25) is 5.91 Å². The van der Waals surface area contributed by atoms with E-state index in [0.717, 1.165) is 23.8 Å². The van der Waals surface area contributed by atoms with Gasteiger partial charge in [0.1, 0.15) is 5.82 Å². The normalized spacial score (nSPS) is 10.9. The van der Waals surface area contributed by atoms with Gasteiger partial charge < -0.3 is 5.32 Å². The number of amides is 1. The van der Waals surface area contributed by atoms with Crippen molar-refractivity contribution in [2.75, 3.05) is 6.54 Å². The Morgan fingerprint density at radius 3 is 2.86 bits per heavy atom. The molecule has 1 N–H and O–H groups in total. The molecule has 0 aromatic carbocycles. The van der Waals surface area contributed by atoms with Crippen LogP contribution in [0, 0.1) is 5.92 Å². The summed E-state index contributed by atoms with van der Waals surface area (Å²) < 4.78 is 1.81. The summed E-state index contributed by atoms with van der Waals surface area (Å²) in [6.07, 6.45) is 4.96. The van der Waals surface area contributed by atoms with Crippen molar-refractivity contribution in [3.8, 4) is 5.69 Å². The maximum Gasteiger partial charge on any atom is 0.216 e. The third-order valence-electron chi connectivity index (χ3n) is 2.92. The average molecular weight is 287 g/mol. The van der Waals surface area contributed by atoms with Crippen LogP contribution < -0.4 is 5.32 Å². The second kappa shape index (κ2) is 6.97. The molecule has 0 spiro atoms. The number of hydrogen-bond donors (Lipinski definition) is 1. The summed E-state index contributed by atoms with van der Waals surface area (Å²) in [5, 5.41) is 7.36. The Labute approximate surface area is 124 Å². The van der Waals surface area contributed by atoms with E-state index in [-0.39, 0.29) is 5.91 Å². The highest BCUT2D eigenvalue weighted by molar-refractivity contribution is 5.72. The number of carbonyl (C=O) groups is 1. The topological polar surface area (TPSA) is 72.7 Å². The predicted octanol–water partition coefficient (Wildman–Crippen LogP) is 1.54. The Morgan fingerprint density at radius 1 is 1.43 bits per heavy atom. The molecule has 0 saturated heterocycles. The van der Waals surface area contributed by atoms with Crippen molar-refractivity contribution < 1.29 is 4.79 Å². The van der Waals surface area contributed by atoms with E-state index in [2.05, 4.69) is 34.2 Å². The standard InChI is InChI=1S/C15H21N5O/c1-11(2)9-14-18-15(6-8-17-12(3)21)20(19-14)13-5-4-7-16-10-13/h4-5,7,10-11H,6,8-9H2,1-3H3,(H,17,21). The fourth-order valence-corrected chi connectivity index (χ4v) is 2.04. The molecule has 21 heavy (non-hydrogen) atoms. The molecule has 0 fully saturated rings. The summed E-state index contributed by atoms with van der Waals surface area (Å²) in [7, 11) is 0. The molecule has 0 saturated carbocycles. The lowest BCUT2D eigenvalue weighted by molar-refractivity contribution is -0.118. The van der Waals surface area contributed by atoms with E-state index in [4.69, 9.17) is 0 Å². The molecular formula is C15H21N5O. The van der Waals surface area contributed by atoms with Crippen LogP contribution in [0.25, 0.3) is 5.69 Å². The second-order valence-electron chi connectivity index (χ2n) is 5.40. The molecule has 2 rings (SSSR count). The summed E-state index contributed by atoms with van der Waals surface area (Å²) >= 11 is 0. The molecule has 0 radical (unpaired) electrons. The molecule has 6 nitrogen and oxygen atoms in total. The lowest BCUT2D eigenvalue weighted by atomic mass is 10.1. The zero-order chi connectivity index (χ0) is 15.2. The van der Waals surface area contributed by atoms with Crippen molar-refractivity contribution in [3.05, 3.63) is 36.2 Å². The van der Waals surface area contributed by atoms with Gasteiger partial charge in [0.25, 0.3) is 0 Å². The molecule has 0 aliphatic heterocycles. The van der Waals surface area contributed by atoms with Crippen molar-refractivity contribution in [2.24, 2.45) is 5.92 Å². The maximum atomic E-state index is 11.0. The van der Waals surface area contributed by atoms with Gasteiger partial charge in [-0.3, -0.25) is 9.78 Å². The summed E-state index contributed by atoms with van der Waals surface area (Å²) in [5.41, 5.74) is 0.887. The average Bonchev–Trinajstić information content (AvgIpc) is 2.81. The third-order valence-corrected chi connectivity index (χ3v) is 2.92. The molecule has 6 heteroatoms. The van der Waals surface area contributed by atoms with Crippen molar-refractivity contribution in [3.63, 3.8) is 0 Å². The molecule has 0 aliphatic carbocycles. The molecule has 2 aromatic heterocycles. The SMILES string of the molecule is CC(=O)NCCc1nc(CC(C)C)nn1-c1cccnc1. The van der Waals surface area contributed by atoms with Gasteiger partial charge >= 0.3 is 0 Å². The Hall–Kier alpha value is -2.24. The number of nitrogens with zero attached hydrogens (tertiary/aromatic N) is 4. The minimum atomic E-state index is -0.0372. The van der Waals surface area contributed by atoms with Crippen molar-refractivity contribution in [2.45, 2.75) is 33.6 Å². The first kappa shape index (κ1) is 15.2. The van der Waals surface area contributed by atoms with Crippen molar-refractivity contribution >= 4 is 5.91 Å².